The molecule has 2 fully saturated rings. The predicted molar refractivity (Wildman–Crippen MR) is 70.6 cm³/mol. The van der Waals surface area contributed by atoms with E-state index in [2.05, 4.69) is 10.1 Å². The van der Waals surface area contributed by atoms with Crippen molar-refractivity contribution >= 4 is 11.9 Å². The summed E-state index contributed by atoms with van der Waals surface area (Å²) >= 11 is 0. The van der Waals surface area contributed by atoms with Crippen LogP contribution in [0.1, 0.15) is 12.0 Å². The number of ether oxygens (including phenoxy) is 2. The molecular formula is C15H15F2NO4. The number of methoxy groups -OCH3 is 1. The second-order valence-corrected chi connectivity index (χ2v) is 5.59. The average Bonchev–Trinajstić information content (AvgIpc) is 2.91. The zero-order chi connectivity index (χ0) is 15.9. The molecule has 0 spiro atoms. The van der Waals surface area contributed by atoms with Crippen LogP contribution in [0.25, 0.3) is 0 Å². The number of nitrogens with one attached hydrogen (secondary N) is 1. The van der Waals surface area contributed by atoms with Crippen molar-refractivity contribution in [3.63, 3.8) is 0 Å². The van der Waals surface area contributed by atoms with Gasteiger partial charge in [0.2, 0.25) is 5.91 Å². The number of esters is 1. The van der Waals surface area contributed by atoms with Crippen molar-refractivity contribution in [2.75, 3.05) is 20.3 Å². The third-order valence-corrected chi connectivity index (χ3v) is 4.45. The number of fused-ring (bicyclic) bond motifs is 1. The maximum atomic E-state index is 14.2. The van der Waals surface area contributed by atoms with E-state index in [1.165, 1.54) is 19.2 Å². The van der Waals surface area contributed by atoms with Crippen LogP contribution in [0.3, 0.4) is 0 Å². The van der Waals surface area contributed by atoms with Crippen LogP contribution in [0.2, 0.25) is 0 Å². The lowest BCUT2D eigenvalue weighted by atomic mass is 9.72. The molecule has 22 heavy (non-hydrogen) atoms. The van der Waals surface area contributed by atoms with Gasteiger partial charge in [-0.2, -0.15) is 0 Å². The van der Waals surface area contributed by atoms with Crippen LogP contribution in [0.4, 0.5) is 8.78 Å². The maximum absolute atomic E-state index is 14.2. The highest BCUT2D eigenvalue weighted by atomic mass is 19.2. The molecule has 1 N–H and O–H groups in total. The first-order chi connectivity index (χ1) is 10.5. The minimum Gasteiger partial charge on any atom is -0.468 e. The van der Waals surface area contributed by atoms with Crippen LogP contribution < -0.4 is 5.32 Å². The van der Waals surface area contributed by atoms with Gasteiger partial charge in [0, 0.05) is 11.5 Å². The molecule has 3 rings (SSSR count). The molecule has 3 atom stereocenters. The van der Waals surface area contributed by atoms with Gasteiger partial charge in [-0.25, -0.2) is 8.78 Å². The van der Waals surface area contributed by atoms with Crippen LogP contribution in [0.5, 0.6) is 0 Å². The van der Waals surface area contributed by atoms with Crippen LogP contribution in [0, 0.1) is 23.5 Å². The average molecular weight is 311 g/mol. The fraction of sp³-hybridized carbons (Fsp3) is 0.467. The van der Waals surface area contributed by atoms with Crippen molar-refractivity contribution in [2.24, 2.45) is 11.8 Å². The number of piperidine rings is 1. The fourth-order valence-corrected chi connectivity index (χ4v) is 3.29. The molecule has 1 aromatic carbocycles. The highest BCUT2D eigenvalue weighted by Crippen LogP contribution is 2.43. The van der Waals surface area contributed by atoms with Gasteiger partial charge in [0.25, 0.3) is 0 Å². The molecule has 0 saturated carbocycles. The molecule has 1 aromatic rings. The Morgan fingerprint density at radius 1 is 1.45 bits per heavy atom. The zero-order valence-corrected chi connectivity index (χ0v) is 11.9. The Balaban J connectivity index is 2.01. The first kappa shape index (κ1) is 14.9. The van der Waals surface area contributed by atoms with Gasteiger partial charge in [-0.1, -0.05) is 12.1 Å². The number of hydrogen-bond acceptors (Lipinski definition) is 4. The molecule has 0 aromatic heterocycles. The standard InChI is InChI=1S/C15H15F2NO4/c1-21-14(20)9-5-8-6-22-7-15(8,18-13(9)19)10-3-2-4-11(16)12(10)17/h2-4,8-9H,5-7H2,1H3,(H,18,19)/t8-,9+,15+/m1/s1. The summed E-state index contributed by atoms with van der Waals surface area (Å²) in [5.41, 5.74) is -1.10. The lowest BCUT2D eigenvalue weighted by molar-refractivity contribution is -0.153. The summed E-state index contributed by atoms with van der Waals surface area (Å²) in [7, 11) is 1.20. The number of amides is 1. The van der Waals surface area contributed by atoms with E-state index in [-0.39, 0.29) is 31.1 Å². The molecule has 5 nitrogen and oxygen atoms in total. The normalized spacial score (nSPS) is 30.6. The first-order valence-corrected chi connectivity index (χ1v) is 6.91. The van der Waals surface area contributed by atoms with Crippen molar-refractivity contribution in [1.82, 2.24) is 5.32 Å². The molecule has 0 unspecified atom stereocenters. The van der Waals surface area contributed by atoms with Gasteiger partial charge in [0.15, 0.2) is 11.6 Å². The molecule has 2 aliphatic rings. The van der Waals surface area contributed by atoms with E-state index < -0.39 is 35.0 Å². The minimum atomic E-state index is -1.15. The smallest absolute Gasteiger partial charge is 0.318 e. The third kappa shape index (κ3) is 2.08. The number of benzene rings is 1. The third-order valence-electron chi connectivity index (χ3n) is 4.45. The van der Waals surface area contributed by atoms with Gasteiger partial charge in [-0.05, 0) is 12.5 Å². The van der Waals surface area contributed by atoms with Crippen LogP contribution in [-0.2, 0) is 24.6 Å². The fourth-order valence-electron chi connectivity index (χ4n) is 3.29. The molecule has 0 aliphatic carbocycles. The maximum Gasteiger partial charge on any atom is 0.318 e. The summed E-state index contributed by atoms with van der Waals surface area (Å²) in [6, 6.07) is 3.83. The largest absolute Gasteiger partial charge is 0.468 e. The Labute approximate surface area is 125 Å². The zero-order valence-electron chi connectivity index (χ0n) is 11.9. The van der Waals surface area contributed by atoms with Crippen LogP contribution in [-0.4, -0.2) is 32.2 Å². The second kappa shape index (κ2) is 5.31. The number of halogens is 2. The van der Waals surface area contributed by atoms with Gasteiger partial charge in [-0.3, -0.25) is 9.59 Å². The molecule has 2 aliphatic heterocycles. The summed E-state index contributed by atoms with van der Waals surface area (Å²) < 4.78 is 37.8. The quantitative estimate of drug-likeness (QED) is 0.656. The van der Waals surface area contributed by atoms with E-state index in [1.54, 1.807) is 0 Å². The summed E-state index contributed by atoms with van der Waals surface area (Å²) in [4.78, 5) is 23.9. The number of carbonyl (C=O) groups excluding carboxylic acids is 2. The SMILES string of the molecule is COC(=O)[C@H]1C[C@@H]2COC[C@]2(c2cccc(F)c2F)NC1=O. The van der Waals surface area contributed by atoms with Crippen molar-refractivity contribution < 1.29 is 27.8 Å². The van der Waals surface area contributed by atoms with Crippen LogP contribution >= 0.6 is 0 Å². The van der Waals surface area contributed by atoms with Gasteiger partial charge in [0.1, 0.15) is 5.92 Å². The second-order valence-electron chi connectivity index (χ2n) is 5.59. The topological polar surface area (TPSA) is 64.6 Å². The van der Waals surface area contributed by atoms with Gasteiger partial charge < -0.3 is 14.8 Å². The van der Waals surface area contributed by atoms with Gasteiger partial charge in [-0.15, -0.1) is 0 Å². The van der Waals surface area contributed by atoms with Gasteiger partial charge in [0.05, 0.1) is 25.9 Å². The molecule has 2 heterocycles. The molecule has 0 radical (unpaired) electrons. The lowest BCUT2D eigenvalue weighted by Crippen LogP contribution is -2.59. The molecule has 7 heteroatoms. The van der Waals surface area contributed by atoms with E-state index in [4.69, 9.17) is 4.74 Å². The Morgan fingerprint density at radius 3 is 2.95 bits per heavy atom. The molecule has 0 bridgehead atoms. The molecule has 118 valence electrons. The molecule has 1 amide bonds. The van der Waals surface area contributed by atoms with Crippen molar-refractivity contribution in [3.8, 4) is 0 Å². The van der Waals surface area contributed by atoms with Crippen molar-refractivity contribution in [3.05, 3.63) is 35.4 Å². The van der Waals surface area contributed by atoms with Crippen LogP contribution in [0.15, 0.2) is 18.2 Å². The summed E-state index contributed by atoms with van der Waals surface area (Å²) in [5.74, 6) is -4.47. The van der Waals surface area contributed by atoms with Crippen molar-refractivity contribution in [2.45, 2.75) is 12.0 Å². The summed E-state index contributed by atoms with van der Waals surface area (Å²) in [6.07, 6.45) is 0.175. The van der Waals surface area contributed by atoms with E-state index in [0.717, 1.165) is 6.07 Å². The van der Waals surface area contributed by atoms with E-state index >= 15 is 0 Å². The van der Waals surface area contributed by atoms with E-state index in [1.807, 2.05) is 0 Å². The molecule has 2 saturated heterocycles. The Kier molecular flexibility index (Phi) is 3.60. The molecular weight excluding hydrogens is 296 g/mol. The Hall–Kier alpha value is -2.02. The van der Waals surface area contributed by atoms with Crippen molar-refractivity contribution in [1.29, 1.82) is 0 Å². The Morgan fingerprint density at radius 2 is 2.23 bits per heavy atom. The highest BCUT2D eigenvalue weighted by Gasteiger charge is 2.54. The highest BCUT2D eigenvalue weighted by molar-refractivity contribution is 5.98. The predicted octanol–water partition coefficient (Wildman–Crippen LogP) is 1.12. The number of rotatable bonds is 2. The minimum absolute atomic E-state index is 0.0394. The first-order valence-electron chi connectivity index (χ1n) is 6.91. The number of hydrogen-bond donors (Lipinski definition) is 1. The number of carbonyl (C=O) groups is 2. The van der Waals surface area contributed by atoms with E-state index in [9.17, 15) is 18.4 Å². The summed E-state index contributed by atoms with van der Waals surface area (Å²) in [5, 5.41) is 2.67. The lowest BCUT2D eigenvalue weighted by Gasteiger charge is -2.41. The van der Waals surface area contributed by atoms with Gasteiger partial charge >= 0.3 is 5.97 Å². The summed E-state index contributed by atoms with van der Waals surface area (Å²) in [6.45, 7) is 0.293. The Bertz CT molecular complexity index is 636. The van der Waals surface area contributed by atoms with E-state index in [0.29, 0.717) is 0 Å². The monoisotopic (exact) mass is 311 g/mol.